The number of ether oxygens (including phenoxy) is 2. The highest BCUT2D eigenvalue weighted by Crippen LogP contribution is 2.42. The van der Waals surface area contributed by atoms with Crippen molar-refractivity contribution < 1.29 is 33.5 Å². The van der Waals surface area contributed by atoms with E-state index in [1.165, 1.54) is 37.3 Å². The number of rotatable bonds is 5. The van der Waals surface area contributed by atoms with E-state index in [-0.39, 0.29) is 17.2 Å². The molecule has 0 spiro atoms. The SMILES string of the molecule is COC(=O)c1ccc([C@@H]2/C(=C(\O)c3ccc(OC)cc3)C(=O)C(=O)N2c2cc(C)on2)cc1. The summed E-state index contributed by atoms with van der Waals surface area (Å²) in [5.74, 6) is -1.46. The molecule has 168 valence electrons. The number of carbonyl (C=O) groups is 3. The summed E-state index contributed by atoms with van der Waals surface area (Å²) in [5, 5.41) is 15.0. The van der Waals surface area contributed by atoms with Crippen LogP contribution in [0.2, 0.25) is 0 Å². The molecule has 0 aliphatic carbocycles. The molecule has 0 unspecified atom stereocenters. The number of hydrogen-bond acceptors (Lipinski definition) is 8. The van der Waals surface area contributed by atoms with Gasteiger partial charge in [0, 0.05) is 11.6 Å². The Morgan fingerprint density at radius 1 is 1.03 bits per heavy atom. The summed E-state index contributed by atoms with van der Waals surface area (Å²) in [5.41, 5.74) is 1.00. The average Bonchev–Trinajstić information content (AvgIpc) is 3.38. The number of esters is 1. The van der Waals surface area contributed by atoms with Crippen molar-refractivity contribution in [2.75, 3.05) is 19.1 Å². The quantitative estimate of drug-likeness (QED) is 0.273. The van der Waals surface area contributed by atoms with Crippen LogP contribution in [-0.4, -0.2) is 42.1 Å². The number of aromatic nitrogens is 1. The predicted molar refractivity (Wildman–Crippen MR) is 117 cm³/mol. The minimum Gasteiger partial charge on any atom is -0.507 e. The highest BCUT2D eigenvalue weighted by Gasteiger charge is 2.48. The number of aliphatic hydroxyl groups is 1. The Morgan fingerprint density at radius 3 is 2.21 bits per heavy atom. The monoisotopic (exact) mass is 448 g/mol. The number of methoxy groups -OCH3 is 2. The fourth-order valence-electron chi connectivity index (χ4n) is 3.67. The molecule has 4 rings (SSSR count). The van der Waals surface area contributed by atoms with Gasteiger partial charge in [-0.05, 0) is 48.9 Å². The highest BCUT2D eigenvalue weighted by molar-refractivity contribution is 6.51. The molecule has 0 bridgehead atoms. The van der Waals surface area contributed by atoms with E-state index in [1.807, 2.05) is 0 Å². The van der Waals surface area contributed by atoms with Crippen LogP contribution in [0.25, 0.3) is 5.76 Å². The topological polar surface area (TPSA) is 119 Å². The number of amides is 1. The first-order valence-corrected chi connectivity index (χ1v) is 9.92. The van der Waals surface area contributed by atoms with Gasteiger partial charge < -0.3 is 19.1 Å². The van der Waals surface area contributed by atoms with Gasteiger partial charge in [0.25, 0.3) is 5.78 Å². The number of Topliss-reactive ketones (excluding diaryl/α,β-unsaturated/α-hetero) is 1. The van der Waals surface area contributed by atoms with E-state index < -0.39 is 23.7 Å². The number of ketones is 1. The molecule has 1 saturated heterocycles. The lowest BCUT2D eigenvalue weighted by Gasteiger charge is -2.23. The van der Waals surface area contributed by atoms with Crippen molar-refractivity contribution >= 4 is 29.2 Å². The Balaban J connectivity index is 1.88. The third-order valence-corrected chi connectivity index (χ3v) is 5.32. The summed E-state index contributed by atoms with van der Waals surface area (Å²) in [7, 11) is 2.78. The van der Waals surface area contributed by atoms with E-state index in [0.717, 1.165) is 0 Å². The van der Waals surface area contributed by atoms with Crippen molar-refractivity contribution in [1.29, 1.82) is 0 Å². The lowest BCUT2D eigenvalue weighted by Crippen LogP contribution is -2.29. The Bertz CT molecular complexity index is 1260. The first-order chi connectivity index (χ1) is 15.8. The Morgan fingerprint density at radius 2 is 1.67 bits per heavy atom. The number of nitrogens with zero attached hydrogens (tertiary/aromatic N) is 2. The van der Waals surface area contributed by atoms with E-state index in [2.05, 4.69) is 5.16 Å². The highest BCUT2D eigenvalue weighted by atomic mass is 16.5. The molecule has 1 N–H and O–H groups in total. The van der Waals surface area contributed by atoms with Gasteiger partial charge in [-0.25, -0.2) is 4.79 Å². The maximum Gasteiger partial charge on any atom is 0.337 e. The van der Waals surface area contributed by atoms with Crippen LogP contribution >= 0.6 is 0 Å². The minimum absolute atomic E-state index is 0.114. The zero-order valence-corrected chi connectivity index (χ0v) is 18.1. The van der Waals surface area contributed by atoms with E-state index in [1.54, 1.807) is 43.3 Å². The fraction of sp³-hybridized carbons (Fsp3) is 0.167. The molecule has 9 nitrogen and oxygen atoms in total. The summed E-state index contributed by atoms with van der Waals surface area (Å²) in [4.78, 5) is 39.1. The first-order valence-electron chi connectivity index (χ1n) is 9.92. The summed E-state index contributed by atoms with van der Waals surface area (Å²) >= 11 is 0. The molecule has 1 aromatic heterocycles. The van der Waals surface area contributed by atoms with E-state index in [9.17, 15) is 19.5 Å². The summed E-state index contributed by atoms with van der Waals surface area (Å²) in [6.45, 7) is 1.66. The Labute approximate surface area is 188 Å². The predicted octanol–water partition coefficient (Wildman–Crippen LogP) is 3.40. The van der Waals surface area contributed by atoms with Gasteiger partial charge in [-0.1, -0.05) is 17.3 Å². The van der Waals surface area contributed by atoms with Gasteiger partial charge in [0.2, 0.25) is 0 Å². The van der Waals surface area contributed by atoms with Crippen molar-refractivity contribution in [2.45, 2.75) is 13.0 Å². The lowest BCUT2D eigenvalue weighted by atomic mass is 9.94. The molecule has 0 radical (unpaired) electrons. The van der Waals surface area contributed by atoms with E-state index >= 15 is 0 Å². The normalized spacial score (nSPS) is 17.3. The van der Waals surface area contributed by atoms with Gasteiger partial charge in [0.15, 0.2) is 5.82 Å². The zero-order valence-electron chi connectivity index (χ0n) is 18.1. The van der Waals surface area contributed by atoms with Gasteiger partial charge >= 0.3 is 11.9 Å². The molecule has 1 fully saturated rings. The van der Waals surface area contributed by atoms with Gasteiger partial charge in [-0.2, -0.15) is 0 Å². The van der Waals surface area contributed by atoms with Crippen LogP contribution in [0, 0.1) is 6.92 Å². The van der Waals surface area contributed by atoms with Gasteiger partial charge in [-0.15, -0.1) is 0 Å². The van der Waals surface area contributed by atoms with Crippen molar-refractivity contribution in [3.63, 3.8) is 0 Å². The van der Waals surface area contributed by atoms with E-state index in [0.29, 0.717) is 28.2 Å². The third kappa shape index (κ3) is 3.84. The van der Waals surface area contributed by atoms with Crippen LogP contribution in [0.15, 0.2) is 64.7 Å². The van der Waals surface area contributed by atoms with Crippen LogP contribution in [0.3, 0.4) is 0 Å². The summed E-state index contributed by atoms with van der Waals surface area (Å²) in [6.07, 6.45) is 0. The largest absolute Gasteiger partial charge is 0.507 e. The molecule has 3 aromatic rings. The summed E-state index contributed by atoms with van der Waals surface area (Å²) in [6, 6.07) is 13.2. The first kappa shape index (κ1) is 21.8. The van der Waals surface area contributed by atoms with Crippen LogP contribution in [0.1, 0.15) is 33.3 Å². The van der Waals surface area contributed by atoms with Gasteiger partial charge in [-0.3, -0.25) is 14.5 Å². The molecule has 1 aliphatic rings. The molecule has 1 atom stereocenters. The number of carbonyl (C=O) groups excluding carboxylic acids is 3. The molecular weight excluding hydrogens is 428 g/mol. The molecule has 0 saturated carbocycles. The molecule has 33 heavy (non-hydrogen) atoms. The third-order valence-electron chi connectivity index (χ3n) is 5.32. The van der Waals surface area contributed by atoms with E-state index in [4.69, 9.17) is 14.0 Å². The maximum atomic E-state index is 13.1. The average molecular weight is 448 g/mol. The number of aliphatic hydroxyl groups excluding tert-OH is 1. The van der Waals surface area contributed by atoms with Crippen LogP contribution in [0.5, 0.6) is 5.75 Å². The summed E-state index contributed by atoms with van der Waals surface area (Å²) < 4.78 is 15.0. The standard InChI is InChI=1S/C24H20N2O7/c1-13-12-18(25-33-13)26-20(14-4-6-16(7-5-14)24(30)32-3)19(22(28)23(26)29)21(27)15-8-10-17(31-2)11-9-15/h4-12,20,27H,1-3H3/b21-19+/t20-/m1/s1. The molecule has 2 aromatic carbocycles. The van der Waals surface area contributed by atoms with Crippen LogP contribution in [-0.2, 0) is 14.3 Å². The number of anilines is 1. The number of benzene rings is 2. The molecule has 1 aliphatic heterocycles. The van der Waals surface area contributed by atoms with Crippen LogP contribution in [0.4, 0.5) is 5.82 Å². The van der Waals surface area contributed by atoms with Crippen molar-refractivity contribution in [3.05, 3.63) is 82.6 Å². The second-order valence-electron chi connectivity index (χ2n) is 7.31. The molecule has 1 amide bonds. The Kier molecular flexibility index (Phi) is 5.70. The second-order valence-corrected chi connectivity index (χ2v) is 7.31. The number of hydrogen-bond donors (Lipinski definition) is 1. The molecule has 9 heteroatoms. The van der Waals surface area contributed by atoms with Gasteiger partial charge in [0.05, 0.1) is 31.4 Å². The maximum absolute atomic E-state index is 13.1. The Hall–Kier alpha value is -4.40. The zero-order chi connectivity index (χ0) is 23.7. The smallest absolute Gasteiger partial charge is 0.337 e. The minimum atomic E-state index is -0.997. The van der Waals surface area contributed by atoms with Crippen molar-refractivity contribution in [1.82, 2.24) is 5.16 Å². The van der Waals surface area contributed by atoms with Crippen LogP contribution < -0.4 is 9.64 Å². The molecular formula is C24H20N2O7. The fourth-order valence-corrected chi connectivity index (χ4v) is 3.67. The number of aryl methyl sites for hydroxylation is 1. The lowest BCUT2D eigenvalue weighted by molar-refractivity contribution is -0.132. The molecule has 2 heterocycles. The van der Waals surface area contributed by atoms with Crippen molar-refractivity contribution in [2.24, 2.45) is 0 Å². The van der Waals surface area contributed by atoms with Gasteiger partial charge in [0.1, 0.15) is 17.3 Å². The second kappa shape index (κ2) is 8.62. The van der Waals surface area contributed by atoms with Crippen molar-refractivity contribution in [3.8, 4) is 5.75 Å².